The summed E-state index contributed by atoms with van der Waals surface area (Å²) in [5, 5.41) is 3.41. The second-order valence-electron chi connectivity index (χ2n) is 5.54. The highest BCUT2D eigenvalue weighted by atomic mass is 35.5. The first-order chi connectivity index (χ1) is 11.6. The van der Waals surface area contributed by atoms with E-state index in [1.165, 1.54) is 0 Å². The maximum absolute atomic E-state index is 12.5. The number of nitrogens with zero attached hydrogens (tertiary/aromatic N) is 1. The van der Waals surface area contributed by atoms with E-state index in [0.717, 1.165) is 16.7 Å². The number of rotatable bonds is 4. The summed E-state index contributed by atoms with van der Waals surface area (Å²) >= 11 is 6.33. The van der Waals surface area contributed by atoms with E-state index < -0.39 is 0 Å². The zero-order chi connectivity index (χ0) is 16.9. The van der Waals surface area contributed by atoms with Crippen LogP contribution in [0.2, 0.25) is 5.02 Å². The standard InChI is InChI=1S/C20H17ClN2O/c1-14(15-5-3-2-4-6-15)23-20(24)18-8-7-17(13-19(18)21)16-9-11-22-12-10-16/h2-14H,1H3,(H,23,24). The number of nitrogens with one attached hydrogen (secondary N) is 1. The topological polar surface area (TPSA) is 42.0 Å². The molecule has 1 amide bonds. The lowest BCUT2D eigenvalue weighted by Crippen LogP contribution is -2.26. The van der Waals surface area contributed by atoms with Crippen LogP contribution in [-0.4, -0.2) is 10.9 Å². The van der Waals surface area contributed by atoms with Crippen LogP contribution in [0, 0.1) is 0 Å². The summed E-state index contributed by atoms with van der Waals surface area (Å²) < 4.78 is 0. The summed E-state index contributed by atoms with van der Waals surface area (Å²) in [6.07, 6.45) is 3.46. The Balaban J connectivity index is 1.78. The van der Waals surface area contributed by atoms with E-state index in [1.807, 2.05) is 55.5 Å². The van der Waals surface area contributed by atoms with Gasteiger partial charge in [0.15, 0.2) is 0 Å². The number of halogens is 1. The van der Waals surface area contributed by atoms with Gasteiger partial charge in [0, 0.05) is 12.4 Å². The number of aromatic nitrogens is 1. The molecule has 0 saturated carbocycles. The van der Waals surface area contributed by atoms with Crippen molar-refractivity contribution in [2.24, 2.45) is 0 Å². The van der Waals surface area contributed by atoms with E-state index in [2.05, 4.69) is 10.3 Å². The molecule has 0 aliphatic heterocycles. The average molecular weight is 337 g/mol. The highest BCUT2D eigenvalue weighted by Gasteiger charge is 2.14. The molecule has 0 bridgehead atoms. The molecule has 1 atom stereocenters. The molecule has 0 aliphatic rings. The number of hydrogen-bond donors (Lipinski definition) is 1. The summed E-state index contributed by atoms with van der Waals surface area (Å²) in [5.74, 6) is -0.183. The Morgan fingerprint density at radius 3 is 2.38 bits per heavy atom. The van der Waals surface area contributed by atoms with Crippen LogP contribution in [0.3, 0.4) is 0 Å². The molecule has 120 valence electrons. The van der Waals surface area contributed by atoms with Crippen LogP contribution in [-0.2, 0) is 0 Å². The van der Waals surface area contributed by atoms with Gasteiger partial charge in [0.05, 0.1) is 16.6 Å². The summed E-state index contributed by atoms with van der Waals surface area (Å²) in [5.41, 5.74) is 3.49. The number of carbonyl (C=O) groups is 1. The fourth-order valence-electron chi connectivity index (χ4n) is 2.52. The third-order valence-electron chi connectivity index (χ3n) is 3.87. The lowest BCUT2D eigenvalue weighted by atomic mass is 10.0. The summed E-state index contributed by atoms with van der Waals surface area (Å²) in [7, 11) is 0. The van der Waals surface area contributed by atoms with E-state index in [1.54, 1.807) is 24.5 Å². The Labute approximate surface area is 146 Å². The van der Waals surface area contributed by atoms with Gasteiger partial charge in [-0.1, -0.05) is 48.0 Å². The van der Waals surface area contributed by atoms with E-state index in [4.69, 9.17) is 11.6 Å². The highest BCUT2D eigenvalue weighted by Crippen LogP contribution is 2.25. The van der Waals surface area contributed by atoms with E-state index >= 15 is 0 Å². The molecule has 1 aromatic heterocycles. The fraction of sp³-hybridized carbons (Fsp3) is 0.100. The van der Waals surface area contributed by atoms with Crippen molar-refractivity contribution < 1.29 is 4.79 Å². The molecule has 0 aliphatic carbocycles. The van der Waals surface area contributed by atoms with E-state index in [9.17, 15) is 4.79 Å². The molecular weight excluding hydrogens is 320 g/mol. The average Bonchev–Trinajstić information content (AvgIpc) is 2.63. The molecule has 4 heteroatoms. The first kappa shape index (κ1) is 16.2. The second kappa shape index (κ2) is 7.28. The van der Waals surface area contributed by atoms with Crippen molar-refractivity contribution in [3.05, 3.63) is 89.2 Å². The minimum absolute atomic E-state index is 0.0883. The molecule has 1 N–H and O–H groups in total. The van der Waals surface area contributed by atoms with Gasteiger partial charge in [0.25, 0.3) is 5.91 Å². The minimum Gasteiger partial charge on any atom is -0.345 e. The van der Waals surface area contributed by atoms with Crippen LogP contribution in [0.25, 0.3) is 11.1 Å². The maximum atomic E-state index is 12.5. The van der Waals surface area contributed by atoms with Gasteiger partial charge >= 0.3 is 0 Å². The van der Waals surface area contributed by atoms with Gasteiger partial charge in [-0.3, -0.25) is 9.78 Å². The number of carbonyl (C=O) groups excluding carboxylic acids is 1. The Morgan fingerprint density at radius 1 is 1.00 bits per heavy atom. The number of amides is 1. The van der Waals surface area contributed by atoms with Gasteiger partial charge in [-0.25, -0.2) is 0 Å². The van der Waals surface area contributed by atoms with Crippen LogP contribution >= 0.6 is 11.6 Å². The van der Waals surface area contributed by atoms with Gasteiger partial charge in [0.1, 0.15) is 0 Å². The molecule has 0 radical (unpaired) electrons. The van der Waals surface area contributed by atoms with Crippen LogP contribution in [0.5, 0.6) is 0 Å². The molecule has 0 fully saturated rings. The Bertz CT molecular complexity index is 835. The fourth-order valence-corrected chi connectivity index (χ4v) is 2.79. The number of pyridine rings is 1. The van der Waals surface area contributed by atoms with E-state index in [-0.39, 0.29) is 11.9 Å². The molecule has 3 nitrogen and oxygen atoms in total. The molecule has 3 aromatic rings. The van der Waals surface area contributed by atoms with Crippen molar-refractivity contribution in [1.82, 2.24) is 10.3 Å². The zero-order valence-corrected chi connectivity index (χ0v) is 14.0. The number of hydrogen-bond acceptors (Lipinski definition) is 2. The first-order valence-electron chi connectivity index (χ1n) is 7.71. The van der Waals surface area contributed by atoms with Crippen molar-refractivity contribution >= 4 is 17.5 Å². The predicted octanol–water partition coefficient (Wildman–Crippen LogP) is 4.89. The molecule has 3 rings (SSSR count). The Morgan fingerprint density at radius 2 is 1.71 bits per heavy atom. The van der Waals surface area contributed by atoms with E-state index in [0.29, 0.717) is 10.6 Å². The molecule has 0 spiro atoms. The minimum atomic E-state index is -0.183. The quantitative estimate of drug-likeness (QED) is 0.736. The van der Waals surface area contributed by atoms with Crippen LogP contribution in [0.15, 0.2) is 73.1 Å². The zero-order valence-electron chi connectivity index (χ0n) is 13.2. The van der Waals surface area contributed by atoms with Gasteiger partial charge in [-0.15, -0.1) is 0 Å². The van der Waals surface area contributed by atoms with Crippen LogP contribution in [0.4, 0.5) is 0 Å². The lowest BCUT2D eigenvalue weighted by Gasteiger charge is -2.15. The maximum Gasteiger partial charge on any atom is 0.253 e. The van der Waals surface area contributed by atoms with Crippen molar-refractivity contribution in [3.63, 3.8) is 0 Å². The molecule has 1 heterocycles. The molecule has 0 saturated heterocycles. The van der Waals surface area contributed by atoms with Crippen molar-refractivity contribution in [1.29, 1.82) is 0 Å². The number of benzene rings is 2. The van der Waals surface area contributed by atoms with Gasteiger partial charge in [-0.05, 0) is 47.9 Å². The lowest BCUT2D eigenvalue weighted by molar-refractivity contribution is 0.0940. The highest BCUT2D eigenvalue weighted by molar-refractivity contribution is 6.34. The molecule has 24 heavy (non-hydrogen) atoms. The SMILES string of the molecule is CC(NC(=O)c1ccc(-c2ccncc2)cc1Cl)c1ccccc1. The molecule has 1 unspecified atom stereocenters. The van der Waals surface area contributed by atoms with Crippen molar-refractivity contribution in [3.8, 4) is 11.1 Å². The van der Waals surface area contributed by atoms with Gasteiger partial charge < -0.3 is 5.32 Å². The summed E-state index contributed by atoms with van der Waals surface area (Å²) in [6, 6.07) is 19.0. The normalized spacial score (nSPS) is 11.8. The Kier molecular flexibility index (Phi) is 4.92. The monoisotopic (exact) mass is 336 g/mol. The largest absolute Gasteiger partial charge is 0.345 e. The Hall–Kier alpha value is -2.65. The van der Waals surface area contributed by atoms with Crippen LogP contribution in [0.1, 0.15) is 28.9 Å². The summed E-state index contributed by atoms with van der Waals surface area (Å²) in [6.45, 7) is 1.95. The van der Waals surface area contributed by atoms with Crippen LogP contribution < -0.4 is 5.32 Å². The van der Waals surface area contributed by atoms with Crippen molar-refractivity contribution in [2.75, 3.05) is 0 Å². The third kappa shape index (κ3) is 3.63. The predicted molar refractivity (Wildman–Crippen MR) is 97.0 cm³/mol. The van der Waals surface area contributed by atoms with Gasteiger partial charge in [0.2, 0.25) is 0 Å². The van der Waals surface area contributed by atoms with Gasteiger partial charge in [-0.2, -0.15) is 0 Å². The smallest absolute Gasteiger partial charge is 0.253 e. The van der Waals surface area contributed by atoms with Crippen molar-refractivity contribution in [2.45, 2.75) is 13.0 Å². The third-order valence-corrected chi connectivity index (χ3v) is 4.19. The molecular formula is C20H17ClN2O. The summed E-state index contributed by atoms with van der Waals surface area (Å²) in [4.78, 5) is 16.5. The second-order valence-corrected chi connectivity index (χ2v) is 5.94. The first-order valence-corrected chi connectivity index (χ1v) is 8.08. The molecule has 2 aromatic carbocycles.